The fraction of sp³-hybridized carbons (Fsp3) is 0.364. The summed E-state index contributed by atoms with van der Waals surface area (Å²) in [4.78, 5) is 6.29. The number of fused-ring (bicyclic) bond motifs is 1. The Morgan fingerprint density at radius 1 is 1.16 bits per heavy atom. The monoisotopic (exact) mass is 274 g/mol. The Kier molecular flexibility index (Phi) is 3.76. The number of benzene rings is 1. The molecule has 5 N–H and O–H groups in total. The first-order valence-corrected chi connectivity index (χ1v) is 5.43. The normalized spacial score (nSPS) is 16.5. The van der Waals surface area contributed by atoms with Crippen molar-refractivity contribution in [3.05, 3.63) is 29.6 Å². The molecule has 0 saturated carbocycles. The van der Waals surface area contributed by atoms with Crippen LogP contribution in [0.5, 0.6) is 0 Å². The van der Waals surface area contributed by atoms with E-state index in [-0.39, 0.29) is 16.9 Å². The van der Waals surface area contributed by atoms with E-state index in [1.165, 1.54) is 0 Å². The number of H-pyrrole nitrogens is 1. The van der Waals surface area contributed by atoms with Crippen LogP contribution in [0.2, 0.25) is 0 Å². The van der Waals surface area contributed by atoms with Crippen LogP contribution in [-0.2, 0) is 0 Å². The van der Waals surface area contributed by atoms with Gasteiger partial charge in [-0.3, -0.25) is 0 Å². The predicted octanol–water partition coefficient (Wildman–Crippen LogP) is -0.411. The molecule has 0 aliphatic heterocycles. The number of hydrogen-bond acceptors (Lipinski definition) is 5. The molecule has 0 amide bonds. The molecule has 104 valence electrons. The zero-order chi connectivity index (χ0) is 14.2. The summed E-state index contributed by atoms with van der Waals surface area (Å²) in [6, 6.07) is 1.70. The quantitative estimate of drug-likeness (QED) is 0.520. The van der Waals surface area contributed by atoms with Crippen molar-refractivity contribution in [1.82, 2.24) is 9.97 Å². The number of nitrogens with one attached hydrogen (secondary N) is 1. The molecule has 1 aromatic heterocycles. The van der Waals surface area contributed by atoms with Gasteiger partial charge in [0.05, 0.1) is 17.6 Å². The number of aliphatic hydroxyl groups excluding tert-OH is 4. The molecule has 2 rings (SSSR count). The summed E-state index contributed by atoms with van der Waals surface area (Å²) in [7, 11) is 0. The van der Waals surface area contributed by atoms with Crippen molar-refractivity contribution in [3.8, 4) is 0 Å². The minimum Gasteiger partial charge on any atom is -0.394 e. The van der Waals surface area contributed by atoms with Gasteiger partial charge in [-0.25, -0.2) is 13.8 Å². The van der Waals surface area contributed by atoms with E-state index < -0.39 is 36.6 Å². The Labute approximate surface area is 106 Å². The molecule has 1 unspecified atom stereocenters. The minimum atomic E-state index is -1.68. The predicted molar refractivity (Wildman–Crippen MR) is 60.1 cm³/mol. The lowest BCUT2D eigenvalue weighted by Crippen LogP contribution is -2.35. The molecule has 0 bridgehead atoms. The van der Waals surface area contributed by atoms with Crippen molar-refractivity contribution in [3.63, 3.8) is 0 Å². The summed E-state index contributed by atoms with van der Waals surface area (Å²) >= 11 is 0. The Morgan fingerprint density at radius 2 is 1.79 bits per heavy atom. The first kappa shape index (κ1) is 13.8. The van der Waals surface area contributed by atoms with Gasteiger partial charge in [-0.1, -0.05) is 0 Å². The van der Waals surface area contributed by atoms with Crippen LogP contribution >= 0.6 is 0 Å². The van der Waals surface area contributed by atoms with Crippen LogP contribution in [0.4, 0.5) is 8.78 Å². The Hall–Kier alpha value is -1.61. The molecule has 0 aliphatic carbocycles. The summed E-state index contributed by atoms with van der Waals surface area (Å²) < 4.78 is 26.0. The van der Waals surface area contributed by atoms with Crippen LogP contribution in [-0.4, -0.2) is 49.2 Å². The van der Waals surface area contributed by atoms with Gasteiger partial charge in [0.15, 0.2) is 11.6 Å². The van der Waals surface area contributed by atoms with Crippen LogP contribution < -0.4 is 0 Å². The molecule has 1 aromatic carbocycles. The summed E-state index contributed by atoms with van der Waals surface area (Å²) in [5.41, 5.74) is 0.206. The van der Waals surface area contributed by atoms with Crippen LogP contribution in [0.3, 0.4) is 0 Å². The molecule has 3 atom stereocenters. The fourth-order valence-corrected chi connectivity index (χ4v) is 1.64. The zero-order valence-electron chi connectivity index (χ0n) is 9.59. The Balaban J connectivity index is 2.35. The van der Waals surface area contributed by atoms with Gasteiger partial charge in [-0.05, 0) is 0 Å². The maximum atomic E-state index is 13.0. The Morgan fingerprint density at radius 3 is 2.42 bits per heavy atom. The molecule has 0 aliphatic rings. The van der Waals surface area contributed by atoms with E-state index in [9.17, 15) is 24.1 Å². The summed E-state index contributed by atoms with van der Waals surface area (Å²) in [6.45, 7) is -0.748. The van der Waals surface area contributed by atoms with Crippen LogP contribution in [0.25, 0.3) is 11.0 Å². The van der Waals surface area contributed by atoms with E-state index in [0.29, 0.717) is 0 Å². The van der Waals surface area contributed by atoms with Crippen LogP contribution in [0.15, 0.2) is 12.1 Å². The van der Waals surface area contributed by atoms with Gasteiger partial charge in [0, 0.05) is 12.1 Å². The highest BCUT2D eigenvalue weighted by molar-refractivity contribution is 5.75. The lowest BCUT2D eigenvalue weighted by Gasteiger charge is -2.19. The average molecular weight is 274 g/mol. The molecule has 0 fully saturated rings. The molecule has 2 aromatic rings. The van der Waals surface area contributed by atoms with Crippen molar-refractivity contribution in [2.75, 3.05) is 6.61 Å². The molecule has 0 spiro atoms. The largest absolute Gasteiger partial charge is 0.394 e. The highest BCUT2D eigenvalue weighted by atomic mass is 19.2. The van der Waals surface area contributed by atoms with Gasteiger partial charge in [-0.2, -0.15) is 0 Å². The molecular formula is C11H12F2N2O4. The summed E-state index contributed by atoms with van der Waals surface area (Å²) in [5.74, 6) is -2.33. The summed E-state index contributed by atoms with van der Waals surface area (Å²) in [5, 5.41) is 37.1. The average Bonchev–Trinajstić information content (AvgIpc) is 2.79. The van der Waals surface area contributed by atoms with E-state index in [4.69, 9.17) is 5.11 Å². The van der Waals surface area contributed by atoms with Crippen LogP contribution in [0.1, 0.15) is 11.9 Å². The van der Waals surface area contributed by atoms with Crippen LogP contribution in [0, 0.1) is 11.6 Å². The molecule has 6 nitrogen and oxygen atoms in total. The first-order chi connectivity index (χ1) is 8.93. The SMILES string of the molecule is OC[C@@H](O)C(O)[C@H](O)c1nc2cc(F)c(F)cc2[nH]1. The maximum Gasteiger partial charge on any atom is 0.161 e. The number of aliphatic hydroxyl groups is 4. The van der Waals surface area contributed by atoms with Crippen molar-refractivity contribution >= 4 is 11.0 Å². The van der Waals surface area contributed by atoms with E-state index in [1.807, 2.05) is 0 Å². The van der Waals surface area contributed by atoms with Crippen molar-refractivity contribution in [1.29, 1.82) is 0 Å². The summed E-state index contributed by atoms with van der Waals surface area (Å²) in [6.07, 6.45) is -4.86. The number of nitrogens with zero attached hydrogens (tertiary/aromatic N) is 1. The Bertz CT molecular complexity index is 550. The van der Waals surface area contributed by atoms with Gasteiger partial charge in [-0.15, -0.1) is 0 Å². The molecule has 8 heteroatoms. The molecule has 19 heavy (non-hydrogen) atoms. The molecule has 0 radical (unpaired) electrons. The standard InChI is InChI=1S/C11H12F2N2O4/c12-4-1-6-7(2-5(4)13)15-11(14-6)10(19)9(18)8(17)3-16/h1-2,8-10,16-19H,3H2,(H,14,15)/t8-,9?,10+/m1/s1. The molecule has 0 saturated heterocycles. The molecule has 1 heterocycles. The fourth-order valence-electron chi connectivity index (χ4n) is 1.64. The van der Waals surface area contributed by atoms with E-state index in [1.54, 1.807) is 0 Å². The second kappa shape index (κ2) is 5.17. The highest BCUT2D eigenvalue weighted by Gasteiger charge is 2.28. The third-order valence-electron chi connectivity index (χ3n) is 2.73. The van der Waals surface area contributed by atoms with E-state index in [2.05, 4.69) is 9.97 Å². The highest BCUT2D eigenvalue weighted by Crippen LogP contribution is 2.22. The van der Waals surface area contributed by atoms with E-state index in [0.717, 1.165) is 12.1 Å². The lowest BCUT2D eigenvalue weighted by molar-refractivity contribution is -0.0800. The minimum absolute atomic E-state index is 0.0682. The third kappa shape index (κ3) is 2.56. The smallest absolute Gasteiger partial charge is 0.161 e. The van der Waals surface area contributed by atoms with E-state index >= 15 is 0 Å². The second-order valence-electron chi connectivity index (χ2n) is 4.09. The second-order valence-corrected chi connectivity index (χ2v) is 4.09. The van der Waals surface area contributed by atoms with Crippen molar-refractivity contribution in [2.24, 2.45) is 0 Å². The first-order valence-electron chi connectivity index (χ1n) is 5.43. The topological polar surface area (TPSA) is 110 Å². The number of aromatic nitrogens is 2. The zero-order valence-corrected chi connectivity index (χ0v) is 9.59. The number of halogens is 2. The number of imidazole rings is 1. The molecular weight excluding hydrogens is 262 g/mol. The number of rotatable bonds is 4. The third-order valence-corrected chi connectivity index (χ3v) is 2.73. The van der Waals surface area contributed by atoms with Crippen molar-refractivity contribution < 1.29 is 29.2 Å². The lowest BCUT2D eigenvalue weighted by atomic mass is 10.1. The van der Waals surface area contributed by atoms with Gasteiger partial charge in [0.1, 0.15) is 24.1 Å². The maximum absolute atomic E-state index is 13.0. The number of aromatic amines is 1. The van der Waals surface area contributed by atoms with Crippen molar-refractivity contribution in [2.45, 2.75) is 18.3 Å². The van der Waals surface area contributed by atoms with Gasteiger partial charge in [0.25, 0.3) is 0 Å². The van der Waals surface area contributed by atoms with Gasteiger partial charge in [0.2, 0.25) is 0 Å². The van der Waals surface area contributed by atoms with Gasteiger partial charge >= 0.3 is 0 Å². The number of hydrogen-bond donors (Lipinski definition) is 5. The van der Waals surface area contributed by atoms with Gasteiger partial charge < -0.3 is 25.4 Å².